The average Bonchev–Trinajstić information content (AvgIpc) is 2.87. The predicted octanol–water partition coefficient (Wildman–Crippen LogP) is 3.02. The molecule has 0 spiro atoms. The molecule has 1 saturated carbocycles. The molecule has 2 aliphatic rings. The summed E-state index contributed by atoms with van der Waals surface area (Å²) < 4.78 is 10.7. The lowest BCUT2D eigenvalue weighted by Crippen LogP contribution is -2.14. The van der Waals surface area contributed by atoms with Crippen LogP contribution in [0, 0.1) is 5.92 Å². The van der Waals surface area contributed by atoms with Gasteiger partial charge in [-0.25, -0.2) is 0 Å². The third-order valence-electron chi connectivity index (χ3n) is 3.44. The lowest BCUT2D eigenvalue weighted by Gasteiger charge is -2.14. The van der Waals surface area contributed by atoms with Gasteiger partial charge in [-0.3, -0.25) is 0 Å². The van der Waals surface area contributed by atoms with Crippen molar-refractivity contribution in [3.63, 3.8) is 0 Å². The lowest BCUT2D eigenvalue weighted by atomic mass is 10.1. The van der Waals surface area contributed by atoms with Gasteiger partial charge in [-0.05, 0) is 37.3 Å². The van der Waals surface area contributed by atoms with Gasteiger partial charge in [0.05, 0.1) is 0 Å². The monoisotopic (exact) mass is 219 g/mol. The van der Waals surface area contributed by atoms with Crippen LogP contribution in [0.1, 0.15) is 26.2 Å². The van der Waals surface area contributed by atoms with E-state index < -0.39 is 0 Å². The molecular formula is C13H17NO2. The third-order valence-corrected chi connectivity index (χ3v) is 3.44. The molecule has 1 aromatic rings. The second-order valence-electron chi connectivity index (χ2n) is 4.83. The van der Waals surface area contributed by atoms with E-state index >= 15 is 0 Å². The second kappa shape index (κ2) is 3.89. The van der Waals surface area contributed by atoms with Gasteiger partial charge >= 0.3 is 0 Å². The summed E-state index contributed by atoms with van der Waals surface area (Å²) in [5, 5.41) is 3.57. The molecule has 1 heterocycles. The van der Waals surface area contributed by atoms with Crippen LogP contribution >= 0.6 is 0 Å². The van der Waals surface area contributed by atoms with E-state index in [1.165, 1.54) is 19.3 Å². The molecule has 0 bridgehead atoms. The molecule has 1 fully saturated rings. The molecule has 0 saturated heterocycles. The number of ether oxygens (including phenoxy) is 2. The number of hydrogen-bond donors (Lipinski definition) is 1. The highest BCUT2D eigenvalue weighted by molar-refractivity contribution is 5.56. The molecule has 0 aromatic heterocycles. The summed E-state index contributed by atoms with van der Waals surface area (Å²) in [6, 6.07) is 6.69. The number of hydrogen-bond acceptors (Lipinski definition) is 3. The van der Waals surface area contributed by atoms with Gasteiger partial charge in [0.15, 0.2) is 11.5 Å². The maximum atomic E-state index is 5.36. The fourth-order valence-corrected chi connectivity index (χ4v) is 2.56. The maximum Gasteiger partial charge on any atom is 0.231 e. The van der Waals surface area contributed by atoms with Crippen molar-refractivity contribution in [1.29, 1.82) is 0 Å². The number of rotatable bonds is 2. The Morgan fingerprint density at radius 2 is 2.06 bits per heavy atom. The average molecular weight is 219 g/mol. The normalized spacial score (nSPS) is 27.1. The van der Waals surface area contributed by atoms with Crippen molar-refractivity contribution in [1.82, 2.24) is 0 Å². The molecular weight excluding hydrogens is 202 g/mol. The first-order chi connectivity index (χ1) is 7.81. The van der Waals surface area contributed by atoms with E-state index in [4.69, 9.17) is 9.47 Å². The number of benzene rings is 1. The molecule has 3 rings (SSSR count). The van der Waals surface area contributed by atoms with Crippen LogP contribution in [-0.2, 0) is 0 Å². The molecule has 0 amide bonds. The van der Waals surface area contributed by atoms with E-state index in [1.807, 2.05) is 12.1 Å². The molecule has 1 N–H and O–H groups in total. The molecule has 2 atom stereocenters. The van der Waals surface area contributed by atoms with Gasteiger partial charge in [0.1, 0.15) is 0 Å². The fraction of sp³-hybridized carbons (Fsp3) is 0.538. The minimum absolute atomic E-state index is 0.346. The fourth-order valence-electron chi connectivity index (χ4n) is 2.56. The first-order valence-corrected chi connectivity index (χ1v) is 5.97. The van der Waals surface area contributed by atoms with Gasteiger partial charge in [-0.15, -0.1) is 0 Å². The molecule has 3 nitrogen and oxygen atoms in total. The Morgan fingerprint density at radius 1 is 1.19 bits per heavy atom. The quantitative estimate of drug-likeness (QED) is 0.829. The van der Waals surface area contributed by atoms with Crippen LogP contribution in [-0.4, -0.2) is 12.8 Å². The molecule has 2 unspecified atom stereocenters. The molecule has 1 aromatic carbocycles. The Balaban J connectivity index is 1.71. The van der Waals surface area contributed by atoms with Crippen LogP contribution in [0.3, 0.4) is 0 Å². The van der Waals surface area contributed by atoms with Gasteiger partial charge in [-0.1, -0.05) is 6.92 Å². The predicted molar refractivity (Wildman–Crippen MR) is 63.0 cm³/mol. The van der Waals surface area contributed by atoms with Crippen molar-refractivity contribution >= 4 is 5.69 Å². The van der Waals surface area contributed by atoms with Gasteiger partial charge in [0, 0.05) is 17.8 Å². The Bertz CT molecular complexity index is 392. The van der Waals surface area contributed by atoms with E-state index in [0.29, 0.717) is 12.8 Å². The lowest BCUT2D eigenvalue weighted by molar-refractivity contribution is 0.174. The summed E-state index contributed by atoms with van der Waals surface area (Å²) >= 11 is 0. The van der Waals surface area contributed by atoms with E-state index in [0.717, 1.165) is 23.1 Å². The topological polar surface area (TPSA) is 30.5 Å². The zero-order chi connectivity index (χ0) is 11.0. The smallest absolute Gasteiger partial charge is 0.231 e. The van der Waals surface area contributed by atoms with E-state index in [1.54, 1.807) is 0 Å². The van der Waals surface area contributed by atoms with Crippen molar-refractivity contribution in [2.45, 2.75) is 32.2 Å². The van der Waals surface area contributed by atoms with Gasteiger partial charge < -0.3 is 14.8 Å². The van der Waals surface area contributed by atoms with Crippen molar-refractivity contribution < 1.29 is 9.47 Å². The number of nitrogens with one attached hydrogen (secondary N) is 1. The molecule has 86 valence electrons. The maximum absolute atomic E-state index is 5.36. The Morgan fingerprint density at radius 3 is 2.88 bits per heavy atom. The Labute approximate surface area is 95.8 Å². The molecule has 1 aliphatic heterocycles. The molecule has 3 heteroatoms. The van der Waals surface area contributed by atoms with Crippen LogP contribution in [0.15, 0.2) is 18.2 Å². The Hall–Kier alpha value is -1.38. The first-order valence-electron chi connectivity index (χ1n) is 5.97. The highest BCUT2D eigenvalue weighted by Crippen LogP contribution is 2.35. The molecule has 1 aliphatic carbocycles. The van der Waals surface area contributed by atoms with E-state index in [2.05, 4.69) is 18.3 Å². The van der Waals surface area contributed by atoms with Crippen LogP contribution in [0.25, 0.3) is 0 Å². The first kappa shape index (κ1) is 9.82. The van der Waals surface area contributed by atoms with E-state index in [-0.39, 0.29) is 0 Å². The van der Waals surface area contributed by atoms with Crippen molar-refractivity contribution in [3.8, 4) is 11.5 Å². The summed E-state index contributed by atoms with van der Waals surface area (Å²) in [7, 11) is 0. The van der Waals surface area contributed by atoms with Gasteiger partial charge in [0.2, 0.25) is 6.79 Å². The second-order valence-corrected chi connectivity index (χ2v) is 4.83. The molecule has 16 heavy (non-hydrogen) atoms. The summed E-state index contributed by atoms with van der Waals surface area (Å²) in [5.74, 6) is 2.56. The van der Waals surface area contributed by atoms with E-state index in [9.17, 15) is 0 Å². The summed E-state index contributed by atoms with van der Waals surface area (Å²) in [4.78, 5) is 0. The highest BCUT2D eigenvalue weighted by Gasteiger charge is 2.21. The number of anilines is 1. The zero-order valence-electron chi connectivity index (χ0n) is 9.53. The SMILES string of the molecule is CC1CCC(Nc2ccc3c(c2)OCO3)C1. The van der Waals surface area contributed by atoms with Crippen molar-refractivity contribution in [2.24, 2.45) is 5.92 Å². The zero-order valence-corrected chi connectivity index (χ0v) is 9.53. The largest absolute Gasteiger partial charge is 0.454 e. The Kier molecular flexibility index (Phi) is 2.39. The minimum atomic E-state index is 0.346. The highest BCUT2D eigenvalue weighted by atomic mass is 16.7. The van der Waals surface area contributed by atoms with Gasteiger partial charge in [-0.2, -0.15) is 0 Å². The summed E-state index contributed by atoms with van der Waals surface area (Å²) in [5.41, 5.74) is 1.14. The van der Waals surface area contributed by atoms with Crippen LogP contribution < -0.4 is 14.8 Å². The van der Waals surface area contributed by atoms with Crippen molar-refractivity contribution in [2.75, 3.05) is 12.1 Å². The molecule has 0 radical (unpaired) electrons. The van der Waals surface area contributed by atoms with Crippen LogP contribution in [0.5, 0.6) is 11.5 Å². The van der Waals surface area contributed by atoms with Crippen LogP contribution in [0.2, 0.25) is 0 Å². The standard InChI is InChI=1S/C13H17NO2/c1-9-2-3-10(6-9)14-11-4-5-12-13(7-11)16-8-15-12/h4-5,7,9-10,14H,2-3,6,8H2,1H3. The minimum Gasteiger partial charge on any atom is -0.454 e. The third kappa shape index (κ3) is 1.82. The number of fused-ring (bicyclic) bond motifs is 1. The summed E-state index contributed by atoms with van der Waals surface area (Å²) in [6.07, 6.45) is 3.88. The van der Waals surface area contributed by atoms with Crippen LogP contribution in [0.4, 0.5) is 5.69 Å². The summed E-state index contributed by atoms with van der Waals surface area (Å²) in [6.45, 7) is 2.67. The van der Waals surface area contributed by atoms with Crippen molar-refractivity contribution in [3.05, 3.63) is 18.2 Å². The van der Waals surface area contributed by atoms with Gasteiger partial charge in [0.25, 0.3) is 0 Å².